The van der Waals surface area contributed by atoms with Crippen LogP contribution in [0.4, 0.5) is 11.4 Å². The van der Waals surface area contributed by atoms with Crippen LogP contribution in [0.5, 0.6) is 0 Å². The van der Waals surface area contributed by atoms with Gasteiger partial charge in [-0.1, -0.05) is 237 Å². The average Bonchev–Trinajstić information content (AvgIpc) is 3.72. The summed E-state index contributed by atoms with van der Waals surface area (Å²) in [7, 11) is 0. The van der Waals surface area contributed by atoms with E-state index < -0.39 is 5.41 Å². The van der Waals surface area contributed by atoms with Crippen LogP contribution >= 0.6 is 0 Å². The van der Waals surface area contributed by atoms with Crippen molar-refractivity contribution in [3.8, 4) is 44.5 Å². The summed E-state index contributed by atoms with van der Waals surface area (Å²) in [6, 6.07) is 92.1. The topological polar surface area (TPSA) is 3.24 Å². The highest BCUT2D eigenvalue weighted by molar-refractivity contribution is 6.12. The minimum Gasteiger partial charge on any atom is -0.310 e. The number of benzene rings is 11. The fraction of sp³-hybridized carbons (Fsp3) is 0.0448. The molecule has 2 aliphatic carbocycles. The largest absolute Gasteiger partial charge is 0.310 e. The number of para-hydroxylation sites is 1. The third-order valence-corrected chi connectivity index (χ3v) is 14.6. The Morgan fingerprint density at radius 1 is 0.368 bits per heavy atom. The SMILES string of the molecule is C1=C(N(c2cccc(-c3cccc4c3ccc3ccccc34)c2)c2ccccc2-c2cccc3cccc(-c4ccccc4)c23)C=C(C2(c3ccccc3)c3ccccc3-c3ccccc32)CC1. The van der Waals surface area contributed by atoms with Crippen molar-refractivity contribution in [3.05, 3.63) is 289 Å². The van der Waals surface area contributed by atoms with E-state index in [1.165, 1.54) is 105 Å². The highest BCUT2D eigenvalue weighted by atomic mass is 15.1. The summed E-state index contributed by atoms with van der Waals surface area (Å²) in [6.07, 6.45) is 6.86. The van der Waals surface area contributed by atoms with Gasteiger partial charge in [0.05, 0.1) is 11.1 Å². The average molecular weight is 866 g/mol. The molecule has 11 aromatic rings. The molecule has 320 valence electrons. The minimum absolute atomic E-state index is 0.465. The molecule has 0 aliphatic heterocycles. The third kappa shape index (κ3) is 6.31. The lowest BCUT2D eigenvalue weighted by molar-refractivity contribution is 0.688. The van der Waals surface area contributed by atoms with E-state index in [0.717, 1.165) is 24.2 Å². The molecular formula is C67H47N. The smallest absolute Gasteiger partial charge is 0.0677 e. The Bertz CT molecular complexity index is 3750. The normalized spacial score (nSPS) is 13.8. The van der Waals surface area contributed by atoms with Crippen LogP contribution in [0.3, 0.4) is 0 Å². The van der Waals surface area contributed by atoms with E-state index in [1.54, 1.807) is 0 Å². The molecule has 13 rings (SSSR count). The van der Waals surface area contributed by atoms with Gasteiger partial charge in [-0.25, -0.2) is 0 Å². The number of nitrogens with zero attached hydrogens (tertiary/aromatic N) is 1. The van der Waals surface area contributed by atoms with Crippen molar-refractivity contribution in [3.63, 3.8) is 0 Å². The summed E-state index contributed by atoms with van der Waals surface area (Å²) >= 11 is 0. The predicted molar refractivity (Wildman–Crippen MR) is 287 cm³/mol. The Morgan fingerprint density at radius 2 is 0.941 bits per heavy atom. The zero-order valence-corrected chi connectivity index (χ0v) is 37.7. The number of anilines is 2. The maximum Gasteiger partial charge on any atom is 0.0677 e. The Kier molecular flexibility index (Phi) is 9.61. The van der Waals surface area contributed by atoms with Crippen molar-refractivity contribution in [2.45, 2.75) is 18.3 Å². The fourth-order valence-electron chi connectivity index (χ4n) is 11.8. The molecule has 1 nitrogen and oxygen atoms in total. The lowest BCUT2D eigenvalue weighted by Gasteiger charge is -2.39. The van der Waals surface area contributed by atoms with Gasteiger partial charge < -0.3 is 4.90 Å². The van der Waals surface area contributed by atoms with Gasteiger partial charge in [0, 0.05) is 16.9 Å². The number of hydrogen-bond donors (Lipinski definition) is 0. The van der Waals surface area contributed by atoms with Crippen molar-refractivity contribution in [1.29, 1.82) is 0 Å². The Labute approximate surface area is 398 Å². The molecule has 0 amide bonds. The van der Waals surface area contributed by atoms with Crippen molar-refractivity contribution in [2.24, 2.45) is 0 Å². The van der Waals surface area contributed by atoms with Gasteiger partial charge >= 0.3 is 0 Å². The third-order valence-electron chi connectivity index (χ3n) is 14.6. The van der Waals surface area contributed by atoms with E-state index in [-0.39, 0.29) is 0 Å². The van der Waals surface area contributed by atoms with E-state index in [2.05, 4.69) is 266 Å². The van der Waals surface area contributed by atoms with Crippen molar-refractivity contribution < 1.29 is 0 Å². The molecule has 0 heterocycles. The zero-order valence-electron chi connectivity index (χ0n) is 37.7. The summed E-state index contributed by atoms with van der Waals surface area (Å²) in [5, 5.41) is 7.52. The van der Waals surface area contributed by atoms with E-state index in [9.17, 15) is 0 Å². The Hall–Kier alpha value is -8.52. The molecule has 0 bridgehead atoms. The van der Waals surface area contributed by atoms with Crippen LogP contribution in [0.25, 0.3) is 76.8 Å². The predicted octanol–water partition coefficient (Wildman–Crippen LogP) is 17.9. The van der Waals surface area contributed by atoms with Crippen LogP contribution < -0.4 is 4.90 Å². The van der Waals surface area contributed by atoms with E-state index in [1.807, 2.05) is 0 Å². The van der Waals surface area contributed by atoms with Crippen LogP contribution in [0.15, 0.2) is 272 Å². The Morgan fingerprint density at radius 3 is 1.74 bits per heavy atom. The number of rotatable bonds is 8. The molecular weight excluding hydrogens is 819 g/mol. The first-order valence-corrected chi connectivity index (χ1v) is 23.9. The molecule has 0 fully saturated rings. The second-order valence-corrected chi connectivity index (χ2v) is 18.2. The lowest BCUT2D eigenvalue weighted by atomic mass is 9.65. The molecule has 0 saturated heterocycles. The van der Waals surface area contributed by atoms with Crippen LogP contribution in [-0.4, -0.2) is 0 Å². The Balaban J connectivity index is 1.06. The van der Waals surface area contributed by atoms with E-state index in [4.69, 9.17) is 0 Å². The van der Waals surface area contributed by atoms with E-state index in [0.29, 0.717) is 0 Å². The van der Waals surface area contributed by atoms with E-state index >= 15 is 0 Å². The van der Waals surface area contributed by atoms with Crippen LogP contribution in [-0.2, 0) is 5.41 Å². The monoisotopic (exact) mass is 865 g/mol. The molecule has 0 radical (unpaired) electrons. The molecule has 0 aromatic heterocycles. The molecule has 1 heteroatoms. The first-order valence-electron chi connectivity index (χ1n) is 23.9. The number of allylic oxidation sites excluding steroid dienone is 3. The first-order chi connectivity index (χ1) is 33.8. The molecule has 2 aliphatic rings. The van der Waals surface area contributed by atoms with Gasteiger partial charge in [0.25, 0.3) is 0 Å². The first kappa shape index (κ1) is 39.8. The molecule has 0 saturated carbocycles. The van der Waals surface area contributed by atoms with Crippen LogP contribution in [0, 0.1) is 0 Å². The molecule has 0 spiro atoms. The summed E-state index contributed by atoms with van der Waals surface area (Å²) < 4.78 is 0. The number of hydrogen-bond acceptors (Lipinski definition) is 1. The number of fused-ring (bicyclic) bond motifs is 7. The van der Waals surface area contributed by atoms with Gasteiger partial charge in [-0.05, 0) is 131 Å². The quantitative estimate of drug-likeness (QED) is 0.138. The standard InChI is InChI=1S/C67H47N/c1-3-20-46(21-4-1)56-36-16-23-48-24-17-38-62(66(48)56)61-34-11-14-41-65(61)68(52-29-15-25-49(44-52)55-35-19-37-57-54-31-8-7-22-47(54)42-43-58(55)57)53-30-18-28-51(45-53)67(50-26-5-2-6-27-50)63-39-12-9-32-59(63)60-33-10-13-40-64(60)67/h1-17,19-27,29-45H,18,28H2. The van der Waals surface area contributed by atoms with Gasteiger partial charge in [0.15, 0.2) is 0 Å². The zero-order chi connectivity index (χ0) is 45.0. The highest BCUT2D eigenvalue weighted by Gasteiger charge is 2.47. The molecule has 11 aromatic carbocycles. The summed E-state index contributed by atoms with van der Waals surface area (Å²) in [6.45, 7) is 0. The summed E-state index contributed by atoms with van der Waals surface area (Å²) in [5.74, 6) is 0. The van der Waals surface area contributed by atoms with Crippen LogP contribution in [0.1, 0.15) is 29.5 Å². The van der Waals surface area contributed by atoms with Gasteiger partial charge in [0.2, 0.25) is 0 Å². The van der Waals surface area contributed by atoms with Gasteiger partial charge in [-0.15, -0.1) is 0 Å². The van der Waals surface area contributed by atoms with Crippen molar-refractivity contribution in [1.82, 2.24) is 0 Å². The van der Waals surface area contributed by atoms with Gasteiger partial charge in [0.1, 0.15) is 0 Å². The molecule has 0 unspecified atom stereocenters. The van der Waals surface area contributed by atoms with Crippen molar-refractivity contribution >= 4 is 43.7 Å². The second kappa shape index (κ2) is 16.4. The summed E-state index contributed by atoms with van der Waals surface area (Å²) in [5.41, 5.74) is 18.2. The van der Waals surface area contributed by atoms with Gasteiger partial charge in [-0.3, -0.25) is 0 Å². The fourth-order valence-corrected chi connectivity index (χ4v) is 11.8. The molecule has 0 atom stereocenters. The van der Waals surface area contributed by atoms with Gasteiger partial charge in [-0.2, -0.15) is 0 Å². The second-order valence-electron chi connectivity index (χ2n) is 18.2. The van der Waals surface area contributed by atoms with Crippen molar-refractivity contribution in [2.75, 3.05) is 4.90 Å². The highest BCUT2D eigenvalue weighted by Crippen LogP contribution is 2.58. The lowest BCUT2D eigenvalue weighted by Crippen LogP contribution is -2.31. The molecule has 0 N–H and O–H groups in total. The molecule has 68 heavy (non-hydrogen) atoms. The van der Waals surface area contributed by atoms with Crippen LogP contribution in [0.2, 0.25) is 0 Å². The maximum absolute atomic E-state index is 2.55. The summed E-state index contributed by atoms with van der Waals surface area (Å²) in [4.78, 5) is 2.55. The maximum atomic E-state index is 2.55. The minimum atomic E-state index is -0.465.